The van der Waals surface area contributed by atoms with Gasteiger partial charge in [-0.2, -0.15) is 0 Å². The van der Waals surface area contributed by atoms with Crippen molar-refractivity contribution in [3.05, 3.63) is 24.3 Å². The smallest absolute Gasteiger partial charge is 0.327 e. The summed E-state index contributed by atoms with van der Waals surface area (Å²) in [6.45, 7) is 9.44. The molecule has 9 heteroatoms. The number of unbranched alkanes of at least 4 members (excludes halogenated alkanes) is 24. The molecule has 0 aromatic carbocycles. The molecule has 2 unspecified atom stereocenters. The Morgan fingerprint density at radius 1 is 0.491 bits per heavy atom. The van der Waals surface area contributed by atoms with E-state index in [1.54, 1.807) is 0 Å². The number of hydrogen-bond donors (Lipinski definition) is 2. The van der Waals surface area contributed by atoms with Gasteiger partial charge in [0.05, 0.1) is 33.0 Å². The minimum Gasteiger partial charge on any atom is -0.395 e. The van der Waals surface area contributed by atoms with E-state index in [1.807, 2.05) is 4.90 Å². The minimum atomic E-state index is -3.29. The van der Waals surface area contributed by atoms with Crippen LogP contribution in [-0.2, 0) is 23.1 Å². The normalized spacial score (nSPS) is 13.9. The number of allylic oxidation sites excluding steroid dienone is 4. The Kier molecular flexibility index (Phi) is 44.1. The van der Waals surface area contributed by atoms with E-state index in [0.717, 1.165) is 19.3 Å². The van der Waals surface area contributed by atoms with E-state index in [1.165, 1.54) is 167 Å². The fourth-order valence-corrected chi connectivity index (χ4v) is 7.55. The molecule has 2 N–H and O–H groups in total. The number of aliphatic hydroxyl groups is 2. The zero-order valence-corrected chi connectivity index (χ0v) is 37.5. The molecule has 2 atom stereocenters. The van der Waals surface area contributed by atoms with Gasteiger partial charge >= 0.3 is 7.60 Å². The van der Waals surface area contributed by atoms with Gasteiger partial charge in [-0.25, -0.2) is 0 Å². The fourth-order valence-electron chi connectivity index (χ4n) is 6.62. The third-order valence-corrected chi connectivity index (χ3v) is 11.4. The first-order chi connectivity index (χ1) is 27.0. The van der Waals surface area contributed by atoms with Gasteiger partial charge in [-0.15, -0.1) is 0 Å². The second-order valence-electron chi connectivity index (χ2n) is 15.6. The number of nitrogens with zero attached hydrogens (tertiary/aromatic N) is 1. The van der Waals surface area contributed by atoms with Gasteiger partial charge in [0, 0.05) is 39.5 Å². The van der Waals surface area contributed by atoms with Gasteiger partial charge in [-0.05, 0) is 64.2 Å². The molecule has 0 bridgehead atoms. The topological polar surface area (TPSA) is 97.7 Å². The molecule has 55 heavy (non-hydrogen) atoms. The molecule has 0 heterocycles. The van der Waals surface area contributed by atoms with Crippen LogP contribution in [0.3, 0.4) is 0 Å². The number of aliphatic hydroxyl groups excluding tert-OH is 2. The maximum Gasteiger partial charge on any atom is 0.327 e. The monoisotopic (exact) mass is 802 g/mol. The lowest BCUT2D eigenvalue weighted by atomic mass is 10.1. The van der Waals surface area contributed by atoms with Gasteiger partial charge in [-0.1, -0.05) is 154 Å². The van der Waals surface area contributed by atoms with E-state index < -0.39 is 7.60 Å². The van der Waals surface area contributed by atoms with Gasteiger partial charge in [0.25, 0.3) is 0 Å². The molecule has 0 saturated carbocycles. The fraction of sp³-hybridized carbons (Fsp3) is 0.913. The Morgan fingerprint density at radius 3 is 1.33 bits per heavy atom. The summed E-state index contributed by atoms with van der Waals surface area (Å²) in [5.41, 5.74) is 0. The Hall–Kier alpha value is -0.570. The maximum absolute atomic E-state index is 13.0. The highest BCUT2D eigenvalue weighted by atomic mass is 31.2. The Balaban J connectivity index is 4.26. The van der Waals surface area contributed by atoms with E-state index in [-0.39, 0.29) is 32.5 Å². The molecule has 0 aliphatic carbocycles. The number of ether oxygens (including phenoxy) is 2. The lowest BCUT2D eigenvalue weighted by molar-refractivity contribution is -0.0411. The van der Waals surface area contributed by atoms with E-state index in [4.69, 9.17) is 18.5 Å². The zero-order chi connectivity index (χ0) is 40.2. The van der Waals surface area contributed by atoms with Crippen LogP contribution in [0.1, 0.15) is 194 Å². The predicted octanol–water partition coefficient (Wildman–Crippen LogP) is 12.6. The first kappa shape index (κ1) is 54.4. The highest BCUT2D eigenvalue weighted by Crippen LogP contribution is 2.43. The van der Waals surface area contributed by atoms with Crippen molar-refractivity contribution in [2.75, 3.05) is 72.5 Å². The second-order valence-corrected chi connectivity index (χ2v) is 17.7. The number of rotatable bonds is 46. The van der Waals surface area contributed by atoms with Gasteiger partial charge in [0.2, 0.25) is 0 Å². The summed E-state index contributed by atoms with van der Waals surface area (Å²) in [4.78, 5) is 1.87. The summed E-state index contributed by atoms with van der Waals surface area (Å²) in [5.74, 6) is 0. The largest absolute Gasteiger partial charge is 0.395 e. The van der Waals surface area contributed by atoms with Crippen LogP contribution >= 0.6 is 7.60 Å². The van der Waals surface area contributed by atoms with E-state index in [2.05, 4.69) is 38.2 Å². The Labute approximate surface area is 341 Å². The van der Waals surface area contributed by atoms with Crippen molar-refractivity contribution in [3.8, 4) is 0 Å². The minimum absolute atomic E-state index is 0.00639. The van der Waals surface area contributed by atoms with Crippen LogP contribution in [0, 0.1) is 0 Å². The van der Waals surface area contributed by atoms with Crippen molar-refractivity contribution < 1.29 is 33.3 Å². The third kappa shape index (κ3) is 42.8. The predicted molar refractivity (Wildman–Crippen MR) is 236 cm³/mol. The highest BCUT2D eigenvalue weighted by Gasteiger charge is 2.21. The number of hydrogen-bond acceptors (Lipinski definition) is 8. The molecule has 0 saturated heterocycles. The average Bonchev–Trinajstić information content (AvgIpc) is 3.17. The third-order valence-electron chi connectivity index (χ3n) is 10.2. The highest BCUT2D eigenvalue weighted by molar-refractivity contribution is 7.52. The molecule has 0 fully saturated rings. The van der Waals surface area contributed by atoms with Crippen LogP contribution < -0.4 is 0 Å². The summed E-state index contributed by atoms with van der Waals surface area (Å²) in [5, 5.41) is 18.5. The molecule has 0 rings (SSSR count). The van der Waals surface area contributed by atoms with Crippen LogP contribution in [0.15, 0.2) is 24.3 Å². The first-order valence-corrected chi connectivity index (χ1v) is 25.3. The Morgan fingerprint density at radius 2 is 0.891 bits per heavy atom. The van der Waals surface area contributed by atoms with Crippen LogP contribution in [0.5, 0.6) is 0 Å². The summed E-state index contributed by atoms with van der Waals surface area (Å²) in [6.07, 6.45) is 45.0. The zero-order valence-electron chi connectivity index (χ0n) is 36.6. The molecule has 0 amide bonds. The van der Waals surface area contributed by atoms with Gasteiger partial charge in [-0.3, -0.25) is 9.46 Å². The van der Waals surface area contributed by atoms with Gasteiger partial charge in [0.15, 0.2) is 0 Å². The molecule has 0 aromatic heterocycles. The maximum atomic E-state index is 13.0. The molecule has 328 valence electrons. The molecular weight excluding hydrogens is 709 g/mol. The van der Waals surface area contributed by atoms with Gasteiger partial charge < -0.3 is 28.7 Å². The van der Waals surface area contributed by atoms with Crippen molar-refractivity contribution in [1.29, 1.82) is 0 Å². The van der Waals surface area contributed by atoms with Crippen molar-refractivity contribution in [2.24, 2.45) is 0 Å². The van der Waals surface area contributed by atoms with Crippen molar-refractivity contribution in [1.82, 2.24) is 4.90 Å². The summed E-state index contributed by atoms with van der Waals surface area (Å²) >= 11 is 0. The quantitative estimate of drug-likeness (QED) is 0.0357. The first-order valence-electron chi connectivity index (χ1n) is 23.3. The molecular formula is C46H92NO7P. The van der Waals surface area contributed by atoms with E-state index >= 15 is 0 Å². The Bertz CT molecular complexity index is 852. The van der Waals surface area contributed by atoms with Crippen LogP contribution in [0.2, 0.25) is 0 Å². The standard InChI is InChI=1S/C46H92NO7P/c1-4-6-8-10-12-14-16-18-20-22-24-26-28-30-32-34-41-51-44-46(45-54-55(3,50)53-43-38-47(36-39-48)37-40-49)52-42-35-33-31-29-27-25-23-21-19-17-15-13-11-9-7-5-2/h18-21,46,48-49H,4-17,22-45H2,1-3H3/b20-18-,21-19-. The SMILES string of the molecule is CCCCCCCC/C=C\CCCCCCCCOCC(COP(C)(=O)OCCN(CCO)CCO)OCCCCCCCC/C=C\CCCCCCCC. The van der Waals surface area contributed by atoms with Crippen molar-refractivity contribution in [2.45, 2.75) is 200 Å². The lowest BCUT2D eigenvalue weighted by Gasteiger charge is -2.23. The summed E-state index contributed by atoms with van der Waals surface area (Å²) in [7, 11) is -3.29. The van der Waals surface area contributed by atoms with Crippen LogP contribution in [-0.4, -0.2) is 93.8 Å². The molecule has 0 spiro atoms. The van der Waals surface area contributed by atoms with Crippen molar-refractivity contribution in [3.63, 3.8) is 0 Å². The molecule has 0 aliphatic rings. The van der Waals surface area contributed by atoms with Crippen LogP contribution in [0.25, 0.3) is 0 Å². The molecule has 0 aromatic rings. The van der Waals surface area contributed by atoms with E-state index in [9.17, 15) is 14.8 Å². The average molecular weight is 802 g/mol. The summed E-state index contributed by atoms with van der Waals surface area (Å²) < 4.78 is 36.6. The van der Waals surface area contributed by atoms with Crippen molar-refractivity contribution >= 4 is 7.60 Å². The van der Waals surface area contributed by atoms with Crippen LogP contribution in [0.4, 0.5) is 0 Å². The molecule has 0 radical (unpaired) electrons. The molecule has 0 aliphatic heterocycles. The lowest BCUT2D eigenvalue weighted by Crippen LogP contribution is -2.33. The molecule has 8 nitrogen and oxygen atoms in total. The second kappa shape index (κ2) is 44.5. The van der Waals surface area contributed by atoms with Gasteiger partial charge in [0.1, 0.15) is 6.10 Å². The van der Waals surface area contributed by atoms with E-state index in [0.29, 0.717) is 39.5 Å². The summed E-state index contributed by atoms with van der Waals surface area (Å²) in [6, 6.07) is 0.